The Balaban J connectivity index is 1.91. The number of carbonyl (C=O) groups is 1. The van der Waals surface area contributed by atoms with E-state index in [0.29, 0.717) is 0 Å². The van der Waals surface area contributed by atoms with Crippen LogP contribution in [-0.4, -0.2) is 12.1 Å². The average Bonchev–Trinajstić information content (AvgIpc) is 2.68. The van der Waals surface area contributed by atoms with Crippen molar-refractivity contribution in [3.05, 3.63) is 29.8 Å². The van der Waals surface area contributed by atoms with Crippen LogP contribution in [-0.2, 0) is 11.2 Å². The van der Waals surface area contributed by atoms with Crippen molar-refractivity contribution < 1.29 is 22.7 Å². The van der Waals surface area contributed by atoms with Crippen LogP contribution in [0.3, 0.4) is 0 Å². The Morgan fingerprint density at radius 1 is 1.05 bits per heavy atom. The van der Waals surface area contributed by atoms with Gasteiger partial charge >= 0.3 is 6.36 Å². The van der Waals surface area contributed by atoms with Crippen LogP contribution in [0.4, 0.5) is 13.2 Å². The van der Waals surface area contributed by atoms with E-state index in [1.165, 1.54) is 37.1 Å². The van der Waals surface area contributed by atoms with Gasteiger partial charge in [-0.2, -0.15) is 0 Å². The van der Waals surface area contributed by atoms with Gasteiger partial charge in [0.1, 0.15) is 11.5 Å². The maximum absolute atomic E-state index is 12.2. The molecule has 116 valence electrons. The van der Waals surface area contributed by atoms with Crippen LogP contribution in [0.5, 0.6) is 5.75 Å². The molecule has 0 spiro atoms. The van der Waals surface area contributed by atoms with Crippen molar-refractivity contribution in [1.29, 1.82) is 0 Å². The van der Waals surface area contributed by atoms with E-state index in [0.717, 1.165) is 31.2 Å². The molecule has 0 aliphatic heterocycles. The molecule has 2 nitrogen and oxygen atoms in total. The molecule has 1 aliphatic rings. The lowest BCUT2D eigenvalue weighted by molar-refractivity contribution is -0.274. The van der Waals surface area contributed by atoms with Crippen molar-refractivity contribution >= 4 is 5.78 Å². The third-order valence-electron chi connectivity index (χ3n) is 3.85. The number of Topliss-reactive ketones (excluding diaryl/α,β-unsaturated/α-hetero) is 1. The standard InChI is InChI=1S/C16H19F3O2/c17-16(18,19)21-14-9-7-12(8-10-14)11-15(20)13-5-3-1-2-4-6-13/h7-10,13H,1-6,11H2. The average molecular weight is 300 g/mol. The molecule has 5 heteroatoms. The molecular weight excluding hydrogens is 281 g/mol. The summed E-state index contributed by atoms with van der Waals surface area (Å²) < 4.78 is 40.0. The quantitative estimate of drug-likeness (QED) is 0.755. The van der Waals surface area contributed by atoms with E-state index in [4.69, 9.17) is 0 Å². The van der Waals surface area contributed by atoms with Gasteiger partial charge in [-0.25, -0.2) is 0 Å². The molecule has 0 saturated heterocycles. The van der Waals surface area contributed by atoms with E-state index in [-0.39, 0.29) is 23.9 Å². The summed E-state index contributed by atoms with van der Waals surface area (Å²) >= 11 is 0. The first kappa shape index (κ1) is 15.9. The Morgan fingerprint density at radius 3 is 2.14 bits per heavy atom. The Kier molecular flexibility index (Phi) is 5.26. The normalized spacial score (nSPS) is 17.3. The third kappa shape index (κ3) is 5.40. The number of ketones is 1. The van der Waals surface area contributed by atoms with Crippen molar-refractivity contribution in [2.24, 2.45) is 5.92 Å². The summed E-state index contributed by atoms with van der Waals surface area (Å²) in [6.45, 7) is 0. The summed E-state index contributed by atoms with van der Waals surface area (Å²) in [7, 11) is 0. The number of carbonyl (C=O) groups excluding carboxylic acids is 1. The van der Waals surface area contributed by atoms with Crippen LogP contribution >= 0.6 is 0 Å². The molecule has 1 saturated carbocycles. The maximum Gasteiger partial charge on any atom is 0.573 e. The third-order valence-corrected chi connectivity index (χ3v) is 3.85. The summed E-state index contributed by atoms with van der Waals surface area (Å²) in [6, 6.07) is 5.55. The first-order valence-electron chi connectivity index (χ1n) is 7.31. The van der Waals surface area contributed by atoms with E-state index in [1.807, 2.05) is 0 Å². The fourth-order valence-electron chi connectivity index (χ4n) is 2.76. The predicted octanol–water partition coefficient (Wildman–Crippen LogP) is 4.67. The van der Waals surface area contributed by atoms with Crippen LogP contribution in [0.2, 0.25) is 0 Å². The zero-order valence-corrected chi connectivity index (χ0v) is 11.8. The summed E-state index contributed by atoms with van der Waals surface area (Å²) in [4.78, 5) is 12.2. The lowest BCUT2D eigenvalue weighted by atomic mass is 9.91. The summed E-state index contributed by atoms with van der Waals surface area (Å²) in [5, 5.41) is 0. The number of halogens is 3. The molecule has 1 aromatic rings. The molecule has 0 N–H and O–H groups in total. The van der Waals surface area contributed by atoms with Crippen molar-refractivity contribution in [1.82, 2.24) is 0 Å². The predicted molar refractivity (Wildman–Crippen MR) is 73.0 cm³/mol. The smallest absolute Gasteiger partial charge is 0.406 e. The first-order valence-corrected chi connectivity index (χ1v) is 7.31. The minimum Gasteiger partial charge on any atom is -0.406 e. The van der Waals surface area contributed by atoms with Crippen LogP contribution < -0.4 is 4.74 Å². The SMILES string of the molecule is O=C(Cc1ccc(OC(F)(F)F)cc1)C1CCCCCC1. The van der Waals surface area contributed by atoms with Gasteiger partial charge in [0, 0.05) is 12.3 Å². The van der Waals surface area contributed by atoms with Gasteiger partial charge in [-0.05, 0) is 30.5 Å². The minimum atomic E-state index is -4.68. The molecule has 0 bridgehead atoms. The molecule has 0 unspecified atom stereocenters. The van der Waals surface area contributed by atoms with Crippen LogP contribution in [0.1, 0.15) is 44.1 Å². The zero-order valence-electron chi connectivity index (χ0n) is 11.8. The first-order chi connectivity index (χ1) is 9.94. The van der Waals surface area contributed by atoms with E-state index >= 15 is 0 Å². The van der Waals surface area contributed by atoms with Gasteiger partial charge < -0.3 is 4.74 Å². The van der Waals surface area contributed by atoms with Gasteiger partial charge in [0.25, 0.3) is 0 Å². The van der Waals surface area contributed by atoms with Gasteiger partial charge in [0.15, 0.2) is 0 Å². The number of hydrogen-bond donors (Lipinski definition) is 0. The Morgan fingerprint density at radius 2 is 1.62 bits per heavy atom. The topological polar surface area (TPSA) is 26.3 Å². The number of alkyl halides is 3. The lowest BCUT2D eigenvalue weighted by Crippen LogP contribution is -2.17. The van der Waals surface area contributed by atoms with Gasteiger partial charge in [-0.3, -0.25) is 4.79 Å². The molecule has 2 rings (SSSR count). The maximum atomic E-state index is 12.2. The van der Waals surface area contributed by atoms with E-state index in [1.54, 1.807) is 0 Å². The number of hydrogen-bond acceptors (Lipinski definition) is 2. The Bertz CT molecular complexity index is 457. The molecule has 0 heterocycles. The highest BCUT2D eigenvalue weighted by atomic mass is 19.4. The van der Waals surface area contributed by atoms with E-state index < -0.39 is 6.36 Å². The van der Waals surface area contributed by atoms with Crippen molar-refractivity contribution in [3.63, 3.8) is 0 Å². The Hall–Kier alpha value is -1.52. The van der Waals surface area contributed by atoms with Crippen LogP contribution in [0.15, 0.2) is 24.3 Å². The molecule has 21 heavy (non-hydrogen) atoms. The largest absolute Gasteiger partial charge is 0.573 e. The van der Waals surface area contributed by atoms with Crippen molar-refractivity contribution in [3.8, 4) is 5.75 Å². The molecule has 1 fully saturated rings. The van der Waals surface area contributed by atoms with Crippen molar-refractivity contribution in [2.45, 2.75) is 51.3 Å². The second kappa shape index (κ2) is 6.96. The second-order valence-electron chi connectivity index (χ2n) is 5.52. The monoisotopic (exact) mass is 300 g/mol. The van der Waals surface area contributed by atoms with Gasteiger partial charge in [0.05, 0.1) is 0 Å². The highest BCUT2D eigenvalue weighted by molar-refractivity contribution is 5.83. The summed E-state index contributed by atoms with van der Waals surface area (Å²) in [5.74, 6) is 0.0492. The number of rotatable bonds is 4. The molecule has 0 atom stereocenters. The summed E-state index contributed by atoms with van der Waals surface area (Å²) in [6.07, 6.45) is 2.04. The highest BCUT2D eigenvalue weighted by Gasteiger charge is 2.31. The van der Waals surface area contributed by atoms with Crippen molar-refractivity contribution in [2.75, 3.05) is 0 Å². The highest BCUT2D eigenvalue weighted by Crippen LogP contribution is 2.26. The Labute approximate surface area is 122 Å². The van der Waals surface area contributed by atoms with Crippen LogP contribution in [0.25, 0.3) is 0 Å². The number of ether oxygens (including phenoxy) is 1. The number of benzene rings is 1. The molecule has 0 amide bonds. The van der Waals surface area contributed by atoms with Crippen LogP contribution in [0, 0.1) is 5.92 Å². The molecular formula is C16H19F3O2. The van der Waals surface area contributed by atoms with E-state index in [9.17, 15) is 18.0 Å². The van der Waals surface area contributed by atoms with Gasteiger partial charge in [0.2, 0.25) is 0 Å². The fourth-order valence-corrected chi connectivity index (χ4v) is 2.76. The second-order valence-corrected chi connectivity index (χ2v) is 5.52. The fraction of sp³-hybridized carbons (Fsp3) is 0.562. The molecule has 0 aromatic heterocycles. The molecule has 1 aromatic carbocycles. The van der Waals surface area contributed by atoms with Gasteiger partial charge in [-0.15, -0.1) is 13.2 Å². The zero-order chi connectivity index (χ0) is 15.3. The van der Waals surface area contributed by atoms with Gasteiger partial charge in [-0.1, -0.05) is 37.8 Å². The molecule has 0 radical (unpaired) electrons. The molecule has 1 aliphatic carbocycles. The lowest BCUT2D eigenvalue weighted by Gasteiger charge is -2.13. The van der Waals surface area contributed by atoms with E-state index in [2.05, 4.69) is 4.74 Å². The summed E-state index contributed by atoms with van der Waals surface area (Å²) in [5.41, 5.74) is 0.735. The minimum absolute atomic E-state index is 0.110.